The van der Waals surface area contributed by atoms with Crippen LogP contribution >= 0.6 is 0 Å². The SMILES string of the molecule is CC(C(=O)O)n1nnnc1C1CCCCC1(C)C. The molecule has 0 amide bonds. The van der Waals surface area contributed by atoms with Crippen LogP contribution in [0.1, 0.15) is 64.2 Å². The van der Waals surface area contributed by atoms with Gasteiger partial charge in [-0.25, -0.2) is 9.48 Å². The number of carboxylic acid groups (broad SMARTS) is 1. The maximum absolute atomic E-state index is 11.1. The molecule has 18 heavy (non-hydrogen) atoms. The summed E-state index contributed by atoms with van der Waals surface area (Å²) >= 11 is 0. The summed E-state index contributed by atoms with van der Waals surface area (Å²) in [4.78, 5) is 11.1. The van der Waals surface area contributed by atoms with Gasteiger partial charge in [-0.3, -0.25) is 0 Å². The summed E-state index contributed by atoms with van der Waals surface area (Å²) in [5, 5.41) is 20.7. The van der Waals surface area contributed by atoms with Crippen molar-refractivity contribution < 1.29 is 9.90 Å². The van der Waals surface area contributed by atoms with E-state index in [0.29, 0.717) is 0 Å². The lowest BCUT2D eigenvalue weighted by Gasteiger charge is -2.37. The molecule has 1 aliphatic carbocycles. The molecule has 0 aromatic carbocycles. The number of aromatic nitrogens is 4. The van der Waals surface area contributed by atoms with Crippen LogP contribution in [0.25, 0.3) is 0 Å². The maximum atomic E-state index is 11.1. The first-order valence-electron chi connectivity index (χ1n) is 6.44. The standard InChI is InChI=1S/C12H20N4O2/c1-8(11(17)18)16-10(13-14-15-16)9-6-4-5-7-12(9,2)3/h8-9H,4-7H2,1-3H3,(H,17,18). The molecule has 2 unspecified atom stereocenters. The van der Waals surface area contributed by atoms with Crippen molar-refractivity contribution in [1.82, 2.24) is 20.2 Å². The number of tetrazole rings is 1. The van der Waals surface area contributed by atoms with E-state index in [-0.39, 0.29) is 11.3 Å². The van der Waals surface area contributed by atoms with Gasteiger partial charge in [-0.05, 0) is 35.6 Å². The molecule has 2 atom stereocenters. The quantitative estimate of drug-likeness (QED) is 0.889. The smallest absolute Gasteiger partial charge is 0.328 e. The van der Waals surface area contributed by atoms with E-state index >= 15 is 0 Å². The van der Waals surface area contributed by atoms with Gasteiger partial charge in [0.25, 0.3) is 0 Å². The Labute approximate surface area is 106 Å². The van der Waals surface area contributed by atoms with Crippen molar-refractivity contribution in [2.75, 3.05) is 0 Å². The van der Waals surface area contributed by atoms with Gasteiger partial charge in [-0.2, -0.15) is 0 Å². The minimum absolute atomic E-state index is 0.128. The van der Waals surface area contributed by atoms with E-state index in [2.05, 4.69) is 29.4 Å². The summed E-state index contributed by atoms with van der Waals surface area (Å²) in [5.74, 6) is 0.0508. The molecule has 1 fully saturated rings. The lowest BCUT2D eigenvalue weighted by atomic mass is 9.68. The zero-order valence-corrected chi connectivity index (χ0v) is 11.1. The minimum Gasteiger partial charge on any atom is -0.480 e. The van der Waals surface area contributed by atoms with E-state index in [9.17, 15) is 4.79 Å². The molecule has 1 N–H and O–H groups in total. The third kappa shape index (κ3) is 2.23. The maximum Gasteiger partial charge on any atom is 0.328 e. The van der Waals surface area contributed by atoms with Crippen LogP contribution in [-0.2, 0) is 4.79 Å². The van der Waals surface area contributed by atoms with Crippen molar-refractivity contribution in [2.45, 2.75) is 58.4 Å². The minimum atomic E-state index is -0.905. The molecule has 1 saturated carbocycles. The predicted molar refractivity (Wildman–Crippen MR) is 65.2 cm³/mol. The number of nitrogens with zero attached hydrogens (tertiary/aromatic N) is 4. The largest absolute Gasteiger partial charge is 0.480 e. The van der Waals surface area contributed by atoms with Crippen LogP contribution in [0, 0.1) is 5.41 Å². The fourth-order valence-corrected chi connectivity index (χ4v) is 2.78. The Hall–Kier alpha value is -1.46. The highest BCUT2D eigenvalue weighted by atomic mass is 16.4. The van der Waals surface area contributed by atoms with Crippen molar-refractivity contribution in [3.63, 3.8) is 0 Å². The van der Waals surface area contributed by atoms with Gasteiger partial charge in [0.1, 0.15) is 6.04 Å². The average Bonchev–Trinajstić information content (AvgIpc) is 2.75. The van der Waals surface area contributed by atoms with E-state index in [4.69, 9.17) is 5.11 Å². The van der Waals surface area contributed by atoms with E-state index in [1.54, 1.807) is 6.92 Å². The number of rotatable bonds is 3. The summed E-state index contributed by atoms with van der Waals surface area (Å²) in [7, 11) is 0. The Bertz CT molecular complexity index is 441. The highest BCUT2D eigenvalue weighted by Crippen LogP contribution is 2.46. The third-order valence-corrected chi connectivity index (χ3v) is 4.06. The Morgan fingerprint density at radius 1 is 1.50 bits per heavy atom. The fraction of sp³-hybridized carbons (Fsp3) is 0.833. The van der Waals surface area contributed by atoms with Crippen molar-refractivity contribution in [3.8, 4) is 0 Å². The van der Waals surface area contributed by atoms with Gasteiger partial charge < -0.3 is 5.11 Å². The van der Waals surface area contributed by atoms with Crippen LogP contribution in [0.2, 0.25) is 0 Å². The molecule has 100 valence electrons. The Morgan fingerprint density at radius 2 is 2.22 bits per heavy atom. The topological polar surface area (TPSA) is 80.9 Å². The van der Waals surface area contributed by atoms with E-state index in [1.807, 2.05) is 0 Å². The second kappa shape index (κ2) is 4.66. The van der Waals surface area contributed by atoms with Gasteiger partial charge in [0.2, 0.25) is 0 Å². The highest BCUT2D eigenvalue weighted by molar-refractivity contribution is 5.71. The Morgan fingerprint density at radius 3 is 2.83 bits per heavy atom. The molecule has 0 bridgehead atoms. The summed E-state index contributed by atoms with van der Waals surface area (Å²) in [6.45, 7) is 6.03. The lowest BCUT2D eigenvalue weighted by molar-refractivity contribution is -0.140. The average molecular weight is 252 g/mol. The van der Waals surface area contributed by atoms with Gasteiger partial charge in [0, 0.05) is 5.92 Å². The summed E-state index contributed by atoms with van der Waals surface area (Å²) in [6, 6.07) is -0.715. The van der Waals surface area contributed by atoms with Gasteiger partial charge in [0.15, 0.2) is 5.82 Å². The molecule has 6 nitrogen and oxygen atoms in total. The number of carboxylic acids is 1. The number of hydrogen-bond acceptors (Lipinski definition) is 4. The molecule has 0 aliphatic heterocycles. The second-order valence-electron chi connectivity index (χ2n) is 5.78. The van der Waals surface area contributed by atoms with Crippen LogP contribution in [0.15, 0.2) is 0 Å². The molecule has 1 aromatic rings. The highest BCUT2D eigenvalue weighted by Gasteiger charge is 2.37. The molecule has 2 rings (SSSR count). The molecule has 0 radical (unpaired) electrons. The zero-order chi connectivity index (χ0) is 13.3. The first-order chi connectivity index (χ1) is 8.43. The summed E-state index contributed by atoms with van der Waals surface area (Å²) in [5.41, 5.74) is 0.128. The van der Waals surface area contributed by atoms with Gasteiger partial charge >= 0.3 is 5.97 Å². The van der Waals surface area contributed by atoms with Crippen LogP contribution in [0.3, 0.4) is 0 Å². The fourth-order valence-electron chi connectivity index (χ4n) is 2.78. The van der Waals surface area contributed by atoms with Crippen molar-refractivity contribution in [1.29, 1.82) is 0 Å². The number of carbonyl (C=O) groups is 1. The van der Waals surface area contributed by atoms with E-state index in [0.717, 1.165) is 25.1 Å². The van der Waals surface area contributed by atoms with Crippen LogP contribution in [0.4, 0.5) is 0 Å². The molecule has 0 saturated heterocycles. The summed E-state index contributed by atoms with van der Waals surface area (Å²) < 4.78 is 1.46. The normalized spacial score (nSPS) is 24.7. The molecule has 1 aromatic heterocycles. The van der Waals surface area contributed by atoms with Crippen molar-refractivity contribution in [2.24, 2.45) is 5.41 Å². The predicted octanol–water partition coefficient (Wildman–Crippen LogP) is 2.00. The molecule has 1 heterocycles. The van der Waals surface area contributed by atoms with Gasteiger partial charge in [0.05, 0.1) is 0 Å². The third-order valence-electron chi connectivity index (χ3n) is 4.06. The van der Waals surface area contributed by atoms with Gasteiger partial charge in [-0.15, -0.1) is 5.10 Å². The molecule has 6 heteroatoms. The van der Waals surface area contributed by atoms with E-state index < -0.39 is 12.0 Å². The van der Waals surface area contributed by atoms with Crippen molar-refractivity contribution >= 4 is 5.97 Å². The molecular formula is C12H20N4O2. The van der Waals surface area contributed by atoms with Crippen molar-refractivity contribution in [3.05, 3.63) is 5.82 Å². The first kappa shape index (κ1) is 13.0. The Balaban J connectivity index is 2.33. The number of hydrogen-bond donors (Lipinski definition) is 1. The monoisotopic (exact) mass is 252 g/mol. The van der Waals surface area contributed by atoms with Crippen LogP contribution in [-0.4, -0.2) is 31.3 Å². The molecular weight excluding hydrogens is 232 g/mol. The first-order valence-corrected chi connectivity index (χ1v) is 6.44. The number of aliphatic carboxylic acids is 1. The van der Waals surface area contributed by atoms with Crippen LogP contribution in [0.5, 0.6) is 0 Å². The lowest BCUT2D eigenvalue weighted by Crippen LogP contribution is -2.30. The molecule has 1 aliphatic rings. The van der Waals surface area contributed by atoms with Crippen LogP contribution < -0.4 is 0 Å². The second-order valence-corrected chi connectivity index (χ2v) is 5.78. The van der Waals surface area contributed by atoms with E-state index in [1.165, 1.54) is 11.1 Å². The zero-order valence-electron chi connectivity index (χ0n) is 11.1. The van der Waals surface area contributed by atoms with Gasteiger partial charge in [-0.1, -0.05) is 26.7 Å². The molecule has 0 spiro atoms. The Kier molecular flexibility index (Phi) is 3.36. The summed E-state index contributed by atoms with van der Waals surface area (Å²) in [6.07, 6.45) is 4.54.